The predicted molar refractivity (Wildman–Crippen MR) is 95.0 cm³/mol. The molecule has 2 nitrogen and oxygen atoms in total. The highest BCUT2D eigenvalue weighted by Crippen LogP contribution is 2.16. The van der Waals surface area contributed by atoms with Crippen LogP contribution in [0.15, 0.2) is 30.4 Å². The second-order valence-electron chi connectivity index (χ2n) is 6.80. The van der Waals surface area contributed by atoms with Crippen molar-refractivity contribution in [2.24, 2.45) is 11.8 Å². The summed E-state index contributed by atoms with van der Waals surface area (Å²) >= 11 is 0. The number of hydrogen-bond acceptors (Lipinski definition) is 1. The molecule has 0 bridgehead atoms. The normalized spacial score (nSPS) is 14.1. The van der Waals surface area contributed by atoms with Gasteiger partial charge in [0, 0.05) is 20.0 Å². The zero-order valence-corrected chi connectivity index (χ0v) is 15.0. The molecule has 0 unspecified atom stereocenters. The minimum Gasteiger partial charge on any atom is -0.349 e. The van der Waals surface area contributed by atoms with Crippen molar-refractivity contribution in [2.75, 3.05) is 14.1 Å². The number of amides is 1. The molecule has 0 fully saturated rings. The number of hydrogen-bond donors (Lipinski definition) is 0. The number of carbonyl (C=O) groups is 1. The van der Waals surface area contributed by atoms with Gasteiger partial charge in [0.15, 0.2) is 0 Å². The van der Waals surface area contributed by atoms with Gasteiger partial charge in [-0.1, -0.05) is 44.2 Å². The van der Waals surface area contributed by atoms with Crippen LogP contribution in [0.3, 0.4) is 0 Å². The molecule has 0 radical (unpaired) electrons. The molecule has 2 atom stereocenters. The van der Waals surface area contributed by atoms with E-state index in [0.29, 0.717) is 5.92 Å². The molecule has 2 heteroatoms. The van der Waals surface area contributed by atoms with Gasteiger partial charge in [-0.25, -0.2) is 0 Å². The molecule has 122 valence electrons. The molecule has 1 rings (SSSR count). The molecule has 1 aromatic carbocycles. The smallest absolute Gasteiger partial charge is 0.225 e. The lowest BCUT2D eigenvalue weighted by molar-refractivity contribution is -0.132. The predicted octanol–water partition coefficient (Wildman–Crippen LogP) is 4.54. The number of nitrogens with zero attached hydrogens (tertiary/aromatic N) is 1. The quantitative estimate of drug-likeness (QED) is 0.677. The van der Waals surface area contributed by atoms with E-state index in [1.165, 1.54) is 16.7 Å². The van der Waals surface area contributed by atoms with Crippen LogP contribution in [-0.4, -0.2) is 24.9 Å². The van der Waals surface area contributed by atoms with E-state index < -0.39 is 0 Å². The topological polar surface area (TPSA) is 20.3 Å². The average molecular weight is 301 g/mol. The third kappa shape index (κ3) is 6.05. The minimum atomic E-state index is 0.0707. The molecule has 0 N–H and O–H groups in total. The second kappa shape index (κ2) is 8.77. The van der Waals surface area contributed by atoms with Gasteiger partial charge >= 0.3 is 0 Å². The monoisotopic (exact) mass is 301 g/mol. The minimum absolute atomic E-state index is 0.0707. The Balaban J connectivity index is 2.39. The van der Waals surface area contributed by atoms with Crippen molar-refractivity contribution in [1.29, 1.82) is 0 Å². The van der Waals surface area contributed by atoms with Gasteiger partial charge in [-0.2, -0.15) is 0 Å². The summed E-state index contributed by atoms with van der Waals surface area (Å²) in [6, 6.07) is 6.75. The van der Waals surface area contributed by atoms with Gasteiger partial charge in [-0.05, 0) is 55.7 Å². The number of benzene rings is 1. The summed E-state index contributed by atoms with van der Waals surface area (Å²) in [4.78, 5) is 13.4. The maximum absolute atomic E-state index is 11.8. The number of carbonyl (C=O) groups excluding carboxylic acids is 1. The third-order valence-electron chi connectivity index (χ3n) is 4.21. The Hall–Kier alpha value is -1.57. The summed E-state index contributed by atoms with van der Waals surface area (Å²) in [7, 11) is 3.63. The van der Waals surface area contributed by atoms with Crippen molar-refractivity contribution < 1.29 is 4.79 Å². The highest BCUT2D eigenvalue weighted by Gasteiger charge is 2.12. The molecule has 0 aliphatic heterocycles. The van der Waals surface area contributed by atoms with Crippen LogP contribution in [0.4, 0.5) is 0 Å². The molecular weight excluding hydrogens is 270 g/mol. The molecule has 0 spiro atoms. The van der Waals surface area contributed by atoms with E-state index in [-0.39, 0.29) is 11.8 Å². The van der Waals surface area contributed by atoms with Crippen LogP contribution in [0.1, 0.15) is 43.4 Å². The maximum atomic E-state index is 11.8. The maximum Gasteiger partial charge on any atom is 0.225 e. The first-order valence-corrected chi connectivity index (χ1v) is 8.23. The Kier molecular flexibility index (Phi) is 7.37. The summed E-state index contributed by atoms with van der Waals surface area (Å²) < 4.78 is 0. The molecule has 0 aromatic heterocycles. The van der Waals surface area contributed by atoms with Crippen LogP contribution in [0.25, 0.3) is 0 Å². The van der Waals surface area contributed by atoms with Crippen molar-refractivity contribution in [1.82, 2.24) is 4.90 Å². The van der Waals surface area contributed by atoms with Crippen molar-refractivity contribution in [2.45, 2.75) is 47.0 Å². The summed E-state index contributed by atoms with van der Waals surface area (Å²) in [5.74, 6) is 0.896. The van der Waals surface area contributed by atoms with E-state index in [0.717, 1.165) is 19.3 Å². The molecule has 0 aliphatic carbocycles. The molecule has 22 heavy (non-hydrogen) atoms. The first-order chi connectivity index (χ1) is 10.3. The zero-order valence-electron chi connectivity index (χ0n) is 15.0. The van der Waals surface area contributed by atoms with Crippen molar-refractivity contribution in [3.8, 4) is 0 Å². The summed E-state index contributed by atoms with van der Waals surface area (Å²) in [6.45, 7) is 8.60. The first-order valence-electron chi connectivity index (χ1n) is 8.23. The van der Waals surface area contributed by atoms with Gasteiger partial charge in [0.2, 0.25) is 5.91 Å². The van der Waals surface area contributed by atoms with E-state index in [4.69, 9.17) is 0 Å². The molecule has 1 amide bonds. The van der Waals surface area contributed by atoms with Gasteiger partial charge in [0.1, 0.15) is 0 Å². The largest absolute Gasteiger partial charge is 0.349 e. The average Bonchev–Trinajstić information content (AvgIpc) is 2.46. The lowest BCUT2D eigenvalue weighted by Crippen LogP contribution is -2.27. The van der Waals surface area contributed by atoms with Gasteiger partial charge in [0.25, 0.3) is 0 Å². The molecular formula is C20H31NO. The Morgan fingerprint density at radius 1 is 1.09 bits per heavy atom. The van der Waals surface area contributed by atoms with Crippen molar-refractivity contribution >= 4 is 5.91 Å². The van der Waals surface area contributed by atoms with Gasteiger partial charge in [0.05, 0.1) is 0 Å². The van der Waals surface area contributed by atoms with Crippen LogP contribution >= 0.6 is 0 Å². The number of rotatable bonds is 7. The van der Waals surface area contributed by atoms with E-state index in [1.807, 2.05) is 21.0 Å². The Morgan fingerprint density at radius 3 is 2.32 bits per heavy atom. The Bertz CT molecular complexity index is 516. The van der Waals surface area contributed by atoms with E-state index >= 15 is 0 Å². The fraction of sp³-hybridized carbons (Fsp3) is 0.550. The van der Waals surface area contributed by atoms with Crippen LogP contribution in [0, 0.1) is 25.7 Å². The Morgan fingerprint density at radius 2 is 1.73 bits per heavy atom. The van der Waals surface area contributed by atoms with Gasteiger partial charge < -0.3 is 4.90 Å². The third-order valence-corrected chi connectivity index (χ3v) is 4.21. The summed E-state index contributed by atoms with van der Waals surface area (Å²) in [6.07, 6.45) is 7.38. The van der Waals surface area contributed by atoms with Crippen molar-refractivity contribution in [3.05, 3.63) is 47.0 Å². The van der Waals surface area contributed by atoms with Crippen LogP contribution in [0.5, 0.6) is 0 Å². The number of allylic oxidation sites excluding steroid dienone is 2. The van der Waals surface area contributed by atoms with E-state index in [9.17, 15) is 4.79 Å². The van der Waals surface area contributed by atoms with E-state index in [2.05, 4.69) is 51.1 Å². The summed E-state index contributed by atoms with van der Waals surface area (Å²) in [5, 5.41) is 0. The standard InChI is InChI=1S/C20H31NO/c1-15(13-19-12-11-16(2)18(4)14-19)9-7-8-10-17(3)20(22)21(5)6/h7-8,11-12,14-15,17H,9-10,13H2,1-6H3/b8-7+/t15-,17-/m1/s1. The van der Waals surface area contributed by atoms with Crippen LogP contribution in [-0.2, 0) is 11.2 Å². The van der Waals surface area contributed by atoms with Crippen LogP contribution < -0.4 is 0 Å². The van der Waals surface area contributed by atoms with E-state index in [1.54, 1.807) is 4.90 Å². The fourth-order valence-electron chi connectivity index (χ4n) is 2.59. The lowest BCUT2D eigenvalue weighted by atomic mass is 9.95. The highest BCUT2D eigenvalue weighted by atomic mass is 16.2. The lowest BCUT2D eigenvalue weighted by Gasteiger charge is -2.15. The molecule has 0 saturated carbocycles. The molecule has 0 aliphatic rings. The summed E-state index contributed by atoms with van der Waals surface area (Å²) in [5.41, 5.74) is 4.15. The van der Waals surface area contributed by atoms with Crippen LogP contribution in [0.2, 0.25) is 0 Å². The fourth-order valence-corrected chi connectivity index (χ4v) is 2.59. The SMILES string of the molecule is Cc1ccc(C[C@H](C)C/C=C/C[C@@H](C)C(=O)N(C)C)cc1C. The highest BCUT2D eigenvalue weighted by molar-refractivity contribution is 5.78. The van der Waals surface area contributed by atoms with Gasteiger partial charge in [-0.3, -0.25) is 4.79 Å². The molecule has 0 heterocycles. The molecule has 0 saturated heterocycles. The zero-order chi connectivity index (χ0) is 16.7. The van der Waals surface area contributed by atoms with Crippen molar-refractivity contribution in [3.63, 3.8) is 0 Å². The first kappa shape index (κ1) is 18.5. The number of aryl methyl sites for hydroxylation is 2. The second-order valence-corrected chi connectivity index (χ2v) is 6.80. The Labute approximate surface area is 136 Å². The molecule has 1 aromatic rings. The van der Waals surface area contributed by atoms with Gasteiger partial charge in [-0.15, -0.1) is 0 Å².